The molecule has 2 N–H and O–H groups in total. The molecule has 3 saturated heterocycles. The van der Waals surface area contributed by atoms with Crippen LogP contribution in [0.15, 0.2) is 0 Å². The zero-order valence-corrected chi connectivity index (χ0v) is 10.8. The second-order valence-electron chi connectivity index (χ2n) is 6.20. The van der Waals surface area contributed by atoms with Gasteiger partial charge in [0.25, 0.3) is 0 Å². The van der Waals surface area contributed by atoms with Gasteiger partial charge in [-0.05, 0) is 38.9 Å². The molecule has 0 aromatic carbocycles. The van der Waals surface area contributed by atoms with Crippen LogP contribution in [0.3, 0.4) is 0 Å². The third kappa shape index (κ3) is 1.58. The molecule has 3 aliphatic rings. The molecule has 0 amide bonds. The van der Waals surface area contributed by atoms with Crippen LogP contribution in [-0.4, -0.2) is 58.0 Å². The summed E-state index contributed by atoms with van der Waals surface area (Å²) in [6, 6.07) is 0. The third-order valence-electron chi connectivity index (χ3n) is 5.42. The highest BCUT2D eigenvalue weighted by molar-refractivity contribution is 5.09. The van der Waals surface area contributed by atoms with Gasteiger partial charge in [0.2, 0.25) is 0 Å². The highest BCUT2D eigenvalue weighted by atomic mass is 16.5. The van der Waals surface area contributed by atoms with E-state index in [0.717, 1.165) is 38.9 Å². The molecule has 4 nitrogen and oxygen atoms in total. The zero-order chi connectivity index (χ0) is 11.9. The molecule has 0 aliphatic carbocycles. The predicted octanol–water partition coefficient (Wildman–Crippen LogP) is 0.320. The first-order valence-corrected chi connectivity index (χ1v) is 6.77. The van der Waals surface area contributed by atoms with Gasteiger partial charge >= 0.3 is 0 Å². The Labute approximate surface area is 103 Å². The SMILES string of the molecule is CN1CCC(C2(C3(CN)COC3)COC2)CC1. The normalized spacial score (nSPS) is 32.8. The molecule has 0 atom stereocenters. The minimum absolute atomic E-state index is 0.214. The van der Waals surface area contributed by atoms with Crippen LogP contribution in [0.25, 0.3) is 0 Å². The minimum atomic E-state index is 0.214. The van der Waals surface area contributed by atoms with Crippen LogP contribution in [0.4, 0.5) is 0 Å². The first kappa shape index (κ1) is 11.9. The highest BCUT2D eigenvalue weighted by Gasteiger charge is 2.62. The van der Waals surface area contributed by atoms with E-state index >= 15 is 0 Å². The van der Waals surface area contributed by atoms with E-state index in [1.54, 1.807) is 0 Å². The fraction of sp³-hybridized carbons (Fsp3) is 1.00. The van der Waals surface area contributed by atoms with Crippen LogP contribution >= 0.6 is 0 Å². The molecule has 17 heavy (non-hydrogen) atoms. The first-order chi connectivity index (χ1) is 8.22. The number of hydrogen-bond acceptors (Lipinski definition) is 4. The Morgan fingerprint density at radius 3 is 2.06 bits per heavy atom. The largest absolute Gasteiger partial charge is 0.380 e. The van der Waals surface area contributed by atoms with Crippen molar-refractivity contribution in [1.29, 1.82) is 0 Å². The van der Waals surface area contributed by atoms with Crippen molar-refractivity contribution >= 4 is 0 Å². The summed E-state index contributed by atoms with van der Waals surface area (Å²) < 4.78 is 11.1. The first-order valence-electron chi connectivity index (χ1n) is 6.77. The molecule has 3 rings (SSSR count). The molecule has 4 heteroatoms. The van der Waals surface area contributed by atoms with E-state index < -0.39 is 0 Å². The maximum Gasteiger partial charge on any atom is 0.0564 e. The summed E-state index contributed by atoms with van der Waals surface area (Å²) in [7, 11) is 2.21. The maximum atomic E-state index is 6.05. The Bertz CT molecular complexity index is 274. The lowest BCUT2D eigenvalue weighted by Gasteiger charge is -2.63. The molecule has 3 fully saturated rings. The summed E-state index contributed by atoms with van der Waals surface area (Å²) in [5.41, 5.74) is 6.59. The van der Waals surface area contributed by atoms with E-state index in [-0.39, 0.29) is 5.41 Å². The number of nitrogens with zero attached hydrogens (tertiary/aromatic N) is 1. The van der Waals surface area contributed by atoms with Gasteiger partial charge in [-0.25, -0.2) is 0 Å². The molecular weight excluding hydrogens is 216 g/mol. The molecule has 0 spiro atoms. The summed E-state index contributed by atoms with van der Waals surface area (Å²) in [5, 5.41) is 0. The lowest BCUT2D eigenvalue weighted by Crippen LogP contribution is -2.70. The van der Waals surface area contributed by atoms with Gasteiger partial charge < -0.3 is 20.1 Å². The molecule has 3 heterocycles. The van der Waals surface area contributed by atoms with E-state index in [0.29, 0.717) is 5.41 Å². The monoisotopic (exact) mass is 240 g/mol. The predicted molar refractivity (Wildman–Crippen MR) is 65.8 cm³/mol. The molecule has 0 radical (unpaired) electrons. The van der Waals surface area contributed by atoms with Crippen LogP contribution < -0.4 is 5.73 Å². The van der Waals surface area contributed by atoms with Gasteiger partial charge in [0, 0.05) is 17.4 Å². The molecular formula is C13H24N2O2. The Morgan fingerprint density at radius 2 is 1.71 bits per heavy atom. The maximum absolute atomic E-state index is 6.05. The lowest BCUT2D eigenvalue weighted by atomic mass is 9.53. The zero-order valence-electron chi connectivity index (χ0n) is 10.8. The van der Waals surface area contributed by atoms with Gasteiger partial charge in [-0.15, -0.1) is 0 Å². The smallest absolute Gasteiger partial charge is 0.0564 e. The van der Waals surface area contributed by atoms with Gasteiger partial charge in [-0.3, -0.25) is 0 Å². The lowest BCUT2D eigenvalue weighted by molar-refractivity contribution is -0.288. The van der Waals surface area contributed by atoms with Gasteiger partial charge in [0.1, 0.15) is 0 Å². The summed E-state index contributed by atoms with van der Waals surface area (Å²) in [5.74, 6) is 0.778. The highest BCUT2D eigenvalue weighted by Crippen LogP contribution is 2.56. The molecule has 0 saturated carbocycles. The molecule has 0 bridgehead atoms. The van der Waals surface area contributed by atoms with Crippen LogP contribution in [0.1, 0.15) is 12.8 Å². The van der Waals surface area contributed by atoms with Crippen molar-refractivity contribution in [3.8, 4) is 0 Å². The number of likely N-dealkylation sites (tertiary alicyclic amines) is 1. The molecule has 0 aromatic rings. The van der Waals surface area contributed by atoms with Crippen molar-refractivity contribution in [2.75, 3.05) is 53.1 Å². The number of ether oxygens (including phenoxy) is 2. The van der Waals surface area contributed by atoms with Crippen LogP contribution in [0, 0.1) is 16.7 Å². The van der Waals surface area contributed by atoms with Crippen molar-refractivity contribution < 1.29 is 9.47 Å². The Hall–Kier alpha value is -0.160. The molecule has 3 aliphatic heterocycles. The van der Waals surface area contributed by atoms with E-state index in [2.05, 4.69) is 11.9 Å². The summed E-state index contributed by atoms with van der Waals surface area (Å²) >= 11 is 0. The Balaban J connectivity index is 1.77. The van der Waals surface area contributed by atoms with Crippen molar-refractivity contribution in [3.05, 3.63) is 0 Å². The van der Waals surface area contributed by atoms with E-state index in [1.165, 1.54) is 25.9 Å². The van der Waals surface area contributed by atoms with Crippen molar-refractivity contribution in [1.82, 2.24) is 4.90 Å². The van der Waals surface area contributed by atoms with Gasteiger partial charge in [-0.1, -0.05) is 0 Å². The number of nitrogens with two attached hydrogens (primary N) is 1. The van der Waals surface area contributed by atoms with Gasteiger partial charge in [0.05, 0.1) is 26.4 Å². The van der Waals surface area contributed by atoms with Crippen LogP contribution in [-0.2, 0) is 9.47 Å². The number of hydrogen-bond donors (Lipinski definition) is 1. The fourth-order valence-electron chi connectivity index (χ4n) is 3.82. The summed E-state index contributed by atoms with van der Waals surface area (Å²) in [6.07, 6.45) is 2.59. The van der Waals surface area contributed by atoms with Crippen molar-refractivity contribution in [2.24, 2.45) is 22.5 Å². The van der Waals surface area contributed by atoms with Crippen LogP contribution in [0.5, 0.6) is 0 Å². The minimum Gasteiger partial charge on any atom is -0.380 e. The Kier molecular flexibility index (Phi) is 2.94. The quantitative estimate of drug-likeness (QED) is 0.772. The average Bonchev–Trinajstić information content (AvgIpc) is 2.22. The molecule has 0 aromatic heterocycles. The van der Waals surface area contributed by atoms with Crippen molar-refractivity contribution in [3.63, 3.8) is 0 Å². The number of rotatable bonds is 3. The average molecular weight is 240 g/mol. The third-order valence-corrected chi connectivity index (χ3v) is 5.42. The van der Waals surface area contributed by atoms with Crippen LogP contribution in [0.2, 0.25) is 0 Å². The van der Waals surface area contributed by atoms with Crippen molar-refractivity contribution in [2.45, 2.75) is 12.8 Å². The second-order valence-corrected chi connectivity index (χ2v) is 6.20. The van der Waals surface area contributed by atoms with E-state index in [1.807, 2.05) is 0 Å². The molecule has 0 unspecified atom stereocenters. The fourth-order valence-corrected chi connectivity index (χ4v) is 3.82. The second kappa shape index (κ2) is 4.19. The summed E-state index contributed by atoms with van der Waals surface area (Å²) in [6.45, 7) is 6.69. The van der Waals surface area contributed by atoms with E-state index in [9.17, 15) is 0 Å². The topological polar surface area (TPSA) is 47.7 Å². The molecule has 98 valence electrons. The van der Waals surface area contributed by atoms with Gasteiger partial charge in [0.15, 0.2) is 0 Å². The Morgan fingerprint density at radius 1 is 1.12 bits per heavy atom. The van der Waals surface area contributed by atoms with Gasteiger partial charge in [-0.2, -0.15) is 0 Å². The summed E-state index contributed by atoms with van der Waals surface area (Å²) in [4.78, 5) is 2.43. The van der Waals surface area contributed by atoms with E-state index in [4.69, 9.17) is 15.2 Å². The number of piperidine rings is 1. The standard InChI is InChI=1S/C13H24N2O2/c1-15-4-2-11(3-5-15)13(9-17-10-13)12(6-14)7-16-8-12/h11H,2-10,14H2,1H3.